The summed E-state index contributed by atoms with van der Waals surface area (Å²) in [4.78, 5) is 23.9. The molecule has 7 nitrogen and oxygen atoms in total. The van der Waals surface area contributed by atoms with Crippen molar-refractivity contribution in [2.75, 3.05) is 26.1 Å². The van der Waals surface area contributed by atoms with E-state index < -0.39 is 6.09 Å². The smallest absolute Gasteiger partial charge is 0.411 e. The van der Waals surface area contributed by atoms with E-state index in [1.165, 1.54) is 0 Å². The molecule has 0 saturated heterocycles. The molecule has 2 amide bonds. The van der Waals surface area contributed by atoms with E-state index in [0.717, 1.165) is 5.56 Å². The summed E-state index contributed by atoms with van der Waals surface area (Å²) in [7, 11) is 3.16. The molecule has 0 aliphatic carbocycles. The third kappa shape index (κ3) is 5.37. The highest BCUT2D eigenvalue weighted by molar-refractivity contribution is 5.95. The van der Waals surface area contributed by atoms with Crippen LogP contribution < -0.4 is 20.1 Å². The first-order chi connectivity index (χ1) is 13.0. The minimum absolute atomic E-state index is 0.241. The molecule has 2 rings (SSSR count). The highest BCUT2D eigenvalue weighted by Gasteiger charge is 2.16. The van der Waals surface area contributed by atoms with Gasteiger partial charge < -0.3 is 19.5 Å². The molecule has 144 valence electrons. The maximum Gasteiger partial charge on any atom is 0.411 e. The maximum atomic E-state index is 12.5. The Labute approximate surface area is 158 Å². The lowest BCUT2D eigenvalue weighted by Gasteiger charge is -2.18. The molecule has 0 saturated carbocycles. The van der Waals surface area contributed by atoms with E-state index in [1.54, 1.807) is 57.5 Å². The fourth-order valence-corrected chi connectivity index (χ4v) is 2.53. The van der Waals surface area contributed by atoms with Gasteiger partial charge in [-0.1, -0.05) is 0 Å². The average Bonchev–Trinajstić information content (AvgIpc) is 2.68. The van der Waals surface area contributed by atoms with Crippen LogP contribution in [0.2, 0.25) is 0 Å². The lowest BCUT2D eigenvalue weighted by Crippen LogP contribution is -2.27. The summed E-state index contributed by atoms with van der Waals surface area (Å²) in [5.41, 5.74) is 1.83. The van der Waals surface area contributed by atoms with Crippen molar-refractivity contribution in [1.82, 2.24) is 5.32 Å². The van der Waals surface area contributed by atoms with Gasteiger partial charge in [-0.3, -0.25) is 10.1 Å². The Morgan fingerprint density at radius 3 is 2.33 bits per heavy atom. The molecular formula is C20H24N2O5. The normalized spacial score (nSPS) is 11.3. The van der Waals surface area contributed by atoms with Gasteiger partial charge in [-0.05, 0) is 56.3 Å². The van der Waals surface area contributed by atoms with Crippen molar-refractivity contribution in [2.45, 2.75) is 19.9 Å². The molecule has 2 aromatic rings. The molecule has 1 atom stereocenters. The number of methoxy groups -OCH3 is 2. The van der Waals surface area contributed by atoms with Gasteiger partial charge in [0, 0.05) is 16.8 Å². The standard InChI is InChI=1S/C20H24N2O5/c1-5-27-20(24)22-15-8-6-14(7-9-15)19(23)21-13(2)17-12-16(25-3)10-11-18(17)26-4/h6-13H,5H2,1-4H3,(H,21,23)(H,22,24)/t13-/m0/s1. The van der Waals surface area contributed by atoms with Crippen molar-refractivity contribution in [3.05, 3.63) is 53.6 Å². The van der Waals surface area contributed by atoms with E-state index in [1.807, 2.05) is 13.0 Å². The monoisotopic (exact) mass is 372 g/mol. The maximum absolute atomic E-state index is 12.5. The molecule has 0 spiro atoms. The summed E-state index contributed by atoms with van der Waals surface area (Å²) in [6, 6.07) is 11.7. The molecule has 0 heterocycles. The number of carbonyl (C=O) groups excluding carboxylic acids is 2. The zero-order chi connectivity index (χ0) is 19.8. The van der Waals surface area contributed by atoms with Crippen LogP contribution in [0.4, 0.5) is 10.5 Å². The Kier molecular flexibility index (Phi) is 7.05. The van der Waals surface area contributed by atoms with Gasteiger partial charge in [-0.15, -0.1) is 0 Å². The number of amides is 2. The molecule has 27 heavy (non-hydrogen) atoms. The molecule has 0 aliphatic rings. The zero-order valence-corrected chi connectivity index (χ0v) is 15.9. The van der Waals surface area contributed by atoms with Crippen LogP contribution in [-0.4, -0.2) is 32.8 Å². The van der Waals surface area contributed by atoms with E-state index in [9.17, 15) is 9.59 Å². The molecule has 0 fully saturated rings. The summed E-state index contributed by atoms with van der Waals surface area (Å²) >= 11 is 0. The predicted molar refractivity (Wildman–Crippen MR) is 103 cm³/mol. The molecule has 0 radical (unpaired) electrons. The second-order valence-electron chi connectivity index (χ2n) is 5.73. The van der Waals surface area contributed by atoms with E-state index in [4.69, 9.17) is 14.2 Å². The second-order valence-corrected chi connectivity index (χ2v) is 5.73. The summed E-state index contributed by atoms with van der Waals surface area (Å²) in [6.07, 6.45) is -0.534. The van der Waals surface area contributed by atoms with Gasteiger partial charge in [0.1, 0.15) is 11.5 Å². The van der Waals surface area contributed by atoms with Crippen LogP contribution in [0.3, 0.4) is 0 Å². The Hall–Kier alpha value is -3.22. The Bertz CT molecular complexity index is 789. The Morgan fingerprint density at radius 2 is 1.74 bits per heavy atom. The van der Waals surface area contributed by atoms with Crippen LogP contribution in [0, 0.1) is 0 Å². The highest BCUT2D eigenvalue weighted by atomic mass is 16.5. The van der Waals surface area contributed by atoms with Crippen LogP contribution in [0.25, 0.3) is 0 Å². The summed E-state index contributed by atoms with van der Waals surface area (Å²) in [6.45, 7) is 3.88. The SMILES string of the molecule is CCOC(=O)Nc1ccc(C(=O)N[C@@H](C)c2cc(OC)ccc2OC)cc1. The van der Waals surface area contributed by atoms with Crippen LogP contribution in [0.5, 0.6) is 11.5 Å². The second kappa shape index (κ2) is 9.47. The fraction of sp³-hybridized carbons (Fsp3) is 0.300. The van der Waals surface area contributed by atoms with Gasteiger partial charge in [0.05, 0.1) is 26.9 Å². The molecule has 0 bridgehead atoms. The largest absolute Gasteiger partial charge is 0.497 e. The topological polar surface area (TPSA) is 85.9 Å². The minimum atomic E-state index is -0.534. The molecule has 0 aromatic heterocycles. The first-order valence-electron chi connectivity index (χ1n) is 8.55. The van der Waals surface area contributed by atoms with Gasteiger partial charge in [0.15, 0.2) is 0 Å². The molecular weight excluding hydrogens is 348 g/mol. The number of benzene rings is 2. The Morgan fingerprint density at radius 1 is 1.04 bits per heavy atom. The van der Waals surface area contributed by atoms with Crippen LogP contribution in [-0.2, 0) is 4.74 Å². The zero-order valence-electron chi connectivity index (χ0n) is 15.9. The number of rotatable bonds is 7. The van der Waals surface area contributed by atoms with Crippen LogP contribution in [0.15, 0.2) is 42.5 Å². The van der Waals surface area contributed by atoms with Crippen molar-refractivity contribution in [2.24, 2.45) is 0 Å². The highest BCUT2D eigenvalue weighted by Crippen LogP contribution is 2.29. The molecule has 0 unspecified atom stereocenters. The fourth-order valence-electron chi connectivity index (χ4n) is 2.53. The number of anilines is 1. The van der Waals surface area contributed by atoms with Gasteiger partial charge in [0.2, 0.25) is 0 Å². The number of hydrogen-bond acceptors (Lipinski definition) is 5. The quantitative estimate of drug-likeness (QED) is 0.773. The van der Waals surface area contributed by atoms with Crippen molar-refractivity contribution in [1.29, 1.82) is 0 Å². The third-order valence-corrected chi connectivity index (χ3v) is 3.92. The summed E-state index contributed by atoms with van der Waals surface area (Å²) in [5, 5.41) is 5.51. The van der Waals surface area contributed by atoms with E-state index in [-0.39, 0.29) is 18.6 Å². The van der Waals surface area contributed by atoms with E-state index in [0.29, 0.717) is 22.7 Å². The minimum Gasteiger partial charge on any atom is -0.497 e. The van der Waals surface area contributed by atoms with E-state index >= 15 is 0 Å². The average molecular weight is 372 g/mol. The lowest BCUT2D eigenvalue weighted by atomic mass is 10.1. The van der Waals surface area contributed by atoms with Crippen molar-refractivity contribution in [3.63, 3.8) is 0 Å². The molecule has 7 heteroatoms. The van der Waals surface area contributed by atoms with Crippen LogP contribution >= 0.6 is 0 Å². The van der Waals surface area contributed by atoms with E-state index in [2.05, 4.69) is 10.6 Å². The van der Waals surface area contributed by atoms with Gasteiger partial charge >= 0.3 is 6.09 Å². The third-order valence-electron chi connectivity index (χ3n) is 3.92. The van der Waals surface area contributed by atoms with Crippen molar-refractivity contribution in [3.8, 4) is 11.5 Å². The number of carbonyl (C=O) groups is 2. The number of ether oxygens (including phenoxy) is 3. The van der Waals surface area contributed by atoms with Gasteiger partial charge in [0.25, 0.3) is 5.91 Å². The summed E-state index contributed by atoms with van der Waals surface area (Å²) < 4.78 is 15.4. The van der Waals surface area contributed by atoms with Crippen LogP contribution in [0.1, 0.15) is 35.8 Å². The summed E-state index contributed by atoms with van der Waals surface area (Å²) in [5.74, 6) is 1.11. The van der Waals surface area contributed by atoms with Gasteiger partial charge in [-0.25, -0.2) is 4.79 Å². The lowest BCUT2D eigenvalue weighted by molar-refractivity contribution is 0.0939. The molecule has 2 N–H and O–H groups in total. The van der Waals surface area contributed by atoms with Gasteiger partial charge in [-0.2, -0.15) is 0 Å². The Balaban J connectivity index is 2.07. The first kappa shape index (κ1) is 20.1. The first-order valence-corrected chi connectivity index (χ1v) is 8.55. The molecule has 2 aromatic carbocycles. The molecule has 0 aliphatic heterocycles. The predicted octanol–water partition coefficient (Wildman–Crippen LogP) is 3.76. The number of nitrogens with one attached hydrogen (secondary N) is 2. The number of hydrogen-bond donors (Lipinski definition) is 2. The van der Waals surface area contributed by atoms with Crippen molar-refractivity contribution < 1.29 is 23.8 Å². The van der Waals surface area contributed by atoms with Crippen molar-refractivity contribution >= 4 is 17.7 Å².